The molecule has 0 saturated heterocycles. The van der Waals surface area contributed by atoms with Gasteiger partial charge in [0.05, 0.1) is 17.6 Å². The van der Waals surface area contributed by atoms with Crippen molar-refractivity contribution in [3.8, 4) is 5.75 Å². The topological polar surface area (TPSA) is 72.7 Å². The van der Waals surface area contributed by atoms with Crippen LogP contribution in [0, 0.1) is 10.1 Å². The van der Waals surface area contributed by atoms with Gasteiger partial charge in [-0.15, -0.1) is 0 Å². The maximum atomic E-state index is 12.8. The molecule has 1 amide bonds. The van der Waals surface area contributed by atoms with Gasteiger partial charge in [-0.1, -0.05) is 30.3 Å². The Balaban J connectivity index is 2.21. The summed E-state index contributed by atoms with van der Waals surface area (Å²) in [7, 11) is 1.44. The number of hydrogen-bond donors (Lipinski definition) is 0. The fourth-order valence-electron chi connectivity index (χ4n) is 2.46. The molecule has 0 aliphatic rings. The van der Waals surface area contributed by atoms with E-state index in [1.165, 1.54) is 25.3 Å². The van der Waals surface area contributed by atoms with Gasteiger partial charge in [-0.2, -0.15) is 0 Å². The van der Waals surface area contributed by atoms with E-state index in [0.717, 1.165) is 12.0 Å². The fraction of sp³-hybridized carbons (Fsp3) is 0.278. The summed E-state index contributed by atoms with van der Waals surface area (Å²) in [5, 5.41) is 11.0. The summed E-state index contributed by atoms with van der Waals surface area (Å²) in [6.45, 7) is 2.93. The largest absolute Gasteiger partial charge is 0.496 e. The van der Waals surface area contributed by atoms with E-state index in [4.69, 9.17) is 4.74 Å². The van der Waals surface area contributed by atoms with Gasteiger partial charge in [0.1, 0.15) is 5.75 Å². The van der Waals surface area contributed by atoms with Gasteiger partial charge in [-0.25, -0.2) is 0 Å². The molecule has 0 radical (unpaired) electrons. The molecule has 0 fully saturated rings. The second-order valence-electron chi connectivity index (χ2n) is 5.26. The lowest BCUT2D eigenvalue weighted by atomic mass is 10.1. The predicted octanol–water partition coefficient (Wildman–Crippen LogP) is 3.31. The summed E-state index contributed by atoms with van der Waals surface area (Å²) in [4.78, 5) is 24.9. The summed E-state index contributed by atoms with van der Waals surface area (Å²) < 4.78 is 5.19. The van der Waals surface area contributed by atoms with Crippen LogP contribution in [-0.2, 0) is 6.42 Å². The van der Waals surface area contributed by atoms with Crippen LogP contribution in [0.1, 0.15) is 22.8 Å². The van der Waals surface area contributed by atoms with Crippen molar-refractivity contribution in [2.75, 3.05) is 20.2 Å². The predicted molar refractivity (Wildman–Crippen MR) is 91.4 cm³/mol. The number of amides is 1. The van der Waals surface area contributed by atoms with Gasteiger partial charge in [0, 0.05) is 25.2 Å². The number of carbonyl (C=O) groups excluding carboxylic acids is 1. The molecular formula is C18H20N2O4. The molecule has 2 rings (SSSR count). The van der Waals surface area contributed by atoms with Gasteiger partial charge >= 0.3 is 0 Å². The first-order valence-electron chi connectivity index (χ1n) is 7.72. The van der Waals surface area contributed by atoms with Crippen LogP contribution in [0.15, 0.2) is 48.5 Å². The van der Waals surface area contributed by atoms with Crippen LogP contribution in [0.4, 0.5) is 5.69 Å². The smallest absolute Gasteiger partial charge is 0.270 e. The number of benzene rings is 2. The molecule has 0 unspecified atom stereocenters. The van der Waals surface area contributed by atoms with E-state index in [1.807, 2.05) is 37.3 Å². The van der Waals surface area contributed by atoms with Crippen molar-refractivity contribution in [2.45, 2.75) is 13.3 Å². The van der Waals surface area contributed by atoms with E-state index >= 15 is 0 Å². The summed E-state index contributed by atoms with van der Waals surface area (Å²) in [5.74, 6) is 0.0674. The van der Waals surface area contributed by atoms with Crippen LogP contribution in [0.2, 0.25) is 0 Å². The third-order valence-electron chi connectivity index (χ3n) is 3.81. The lowest BCUT2D eigenvalue weighted by molar-refractivity contribution is -0.384. The molecule has 0 spiro atoms. The Morgan fingerprint density at radius 2 is 1.92 bits per heavy atom. The lowest BCUT2D eigenvalue weighted by Gasteiger charge is -2.22. The Labute approximate surface area is 140 Å². The van der Waals surface area contributed by atoms with Crippen LogP contribution in [-0.4, -0.2) is 35.9 Å². The molecule has 0 aliphatic carbocycles. The van der Waals surface area contributed by atoms with Crippen LogP contribution in [0.5, 0.6) is 5.75 Å². The van der Waals surface area contributed by atoms with E-state index in [-0.39, 0.29) is 17.2 Å². The number of carbonyl (C=O) groups is 1. The minimum atomic E-state index is -0.517. The Bertz CT molecular complexity index is 716. The Morgan fingerprint density at radius 1 is 1.21 bits per heavy atom. The minimum Gasteiger partial charge on any atom is -0.496 e. The molecule has 6 heteroatoms. The first-order chi connectivity index (χ1) is 11.6. The molecule has 0 N–H and O–H groups in total. The molecule has 0 aliphatic heterocycles. The van der Waals surface area contributed by atoms with Crippen LogP contribution >= 0.6 is 0 Å². The van der Waals surface area contributed by atoms with Crippen molar-refractivity contribution < 1.29 is 14.5 Å². The Hall–Kier alpha value is -2.89. The first-order valence-corrected chi connectivity index (χ1v) is 7.72. The van der Waals surface area contributed by atoms with Gasteiger partial charge in [0.25, 0.3) is 11.6 Å². The van der Waals surface area contributed by atoms with Crippen LogP contribution in [0.3, 0.4) is 0 Å². The zero-order valence-corrected chi connectivity index (χ0v) is 13.8. The highest BCUT2D eigenvalue weighted by atomic mass is 16.6. The van der Waals surface area contributed by atoms with Crippen LogP contribution < -0.4 is 4.74 Å². The van der Waals surface area contributed by atoms with E-state index in [9.17, 15) is 14.9 Å². The van der Waals surface area contributed by atoms with Gasteiger partial charge in [-0.3, -0.25) is 14.9 Å². The van der Waals surface area contributed by atoms with Gasteiger partial charge in [0.2, 0.25) is 0 Å². The second-order valence-corrected chi connectivity index (χ2v) is 5.26. The van der Waals surface area contributed by atoms with Gasteiger partial charge in [0.15, 0.2) is 0 Å². The molecule has 0 aromatic heterocycles. The molecule has 24 heavy (non-hydrogen) atoms. The molecule has 0 bridgehead atoms. The van der Waals surface area contributed by atoms with Gasteiger partial charge in [-0.05, 0) is 25.0 Å². The number of ether oxygens (including phenoxy) is 1. The first kappa shape index (κ1) is 17.5. The third-order valence-corrected chi connectivity index (χ3v) is 3.81. The monoisotopic (exact) mass is 328 g/mol. The summed E-state index contributed by atoms with van der Waals surface area (Å²) in [6, 6.07) is 13.9. The molecule has 0 heterocycles. The minimum absolute atomic E-state index is 0.127. The highest BCUT2D eigenvalue weighted by molar-refractivity contribution is 5.97. The van der Waals surface area contributed by atoms with Crippen molar-refractivity contribution in [3.05, 3.63) is 69.8 Å². The fourth-order valence-corrected chi connectivity index (χ4v) is 2.46. The quantitative estimate of drug-likeness (QED) is 0.577. The molecule has 2 aromatic carbocycles. The zero-order chi connectivity index (χ0) is 17.5. The SMILES string of the molecule is CCN(CCc1ccccc1)C(=O)c1cc([N+](=O)[O-])ccc1OC. The normalized spacial score (nSPS) is 10.2. The van der Waals surface area contributed by atoms with Crippen molar-refractivity contribution >= 4 is 11.6 Å². The number of likely N-dealkylation sites (N-methyl/N-ethyl adjacent to an activating group) is 1. The molecular weight excluding hydrogens is 308 g/mol. The lowest BCUT2D eigenvalue weighted by Crippen LogP contribution is -2.33. The van der Waals surface area contributed by atoms with Gasteiger partial charge < -0.3 is 9.64 Å². The maximum absolute atomic E-state index is 12.8. The van der Waals surface area contributed by atoms with Crippen molar-refractivity contribution in [1.29, 1.82) is 0 Å². The number of hydrogen-bond acceptors (Lipinski definition) is 4. The summed E-state index contributed by atoms with van der Waals surface area (Å²) in [6.07, 6.45) is 0.720. The van der Waals surface area contributed by atoms with E-state index in [2.05, 4.69) is 0 Å². The van der Waals surface area contributed by atoms with Crippen molar-refractivity contribution in [3.63, 3.8) is 0 Å². The van der Waals surface area contributed by atoms with Crippen LogP contribution in [0.25, 0.3) is 0 Å². The van der Waals surface area contributed by atoms with E-state index < -0.39 is 4.92 Å². The number of nitrogens with zero attached hydrogens (tertiary/aromatic N) is 2. The summed E-state index contributed by atoms with van der Waals surface area (Å²) >= 11 is 0. The average Bonchev–Trinajstić information content (AvgIpc) is 2.62. The molecule has 0 atom stereocenters. The number of non-ortho nitro benzene ring substituents is 1. The maximum Gasteiger partial charge on any atom is 0.270 e. The second kappa shape index (κ2) is 8.10. The van der Waals surface area contributed by atoms with Crippen molar-refractivity contribution in [2.24, 2.45) is 0 Å². The zero-order valence-electron chi connectivity index (χ0n) is 13.8. The highest BCUT2D eigenvalue weighted by Gasteiger charge is 2.21. The van der Waals surface area contributed by atoms with E-state index in [1.54, 1.807) is 4.90 Å². The number of rotatable bonds is 7. The third kappa shape index (κ3) is 4.10. The number of nitro groups is 1. The number of methoxy groups -OCH3 is 1. The highest BCUT2D eigenvalue weighted by Crippen LogP contribution is 2.25. The van der Waals surface area contributed by atoms with Crippen molar-refractivity contribution in [1.82, 2.24) is 4.90 Å². The summed E-state index contributed by atoms with van der Waals surface area (Å²) in [5.41, 5.74) is 1.22. The standard InChI is InChI=1S/C18H20N2O4/c1-3-19(12-11-14-7-5-4-6-8-14)18(21)16-13-15(20(22)23)9-10-17(16)24-2/h4-10,13H,3,11-12H2,1-2H3. The molecule has 126 valence electrons. The van der Waals surface area contributed by atoms with E-state index in [0.29, 0.717) is 18.8 Å². The number of nitro benzene ring substituents is 1. The Kier molecular flexibility index (Phi) is 5.89. The Morgan fingerprint density at radius 3 is 2.50 bits per heavy atom. The molecule has 6 nitrogen and oxygen atoms in total. The molecule has 2 aromatic rings. The average molecular weight is 328 g/mol. The molecule has 0 saturated carbocycles.